The molecule has 16 heavy (non-hydrogen) atoms. The highest BCUT2D eigenvalue weighted by Gasteiger charge is 2.20. The number of nitrogens with zero attached hydrogens (tertiary/aromatic N) is 1. The zero-order chi connectivity index (χ0) is 12.2. The maximum absolute atomic E-state index is 11.7. The number of aromatic nitrogens is 1. The third kappa shape index (κ3) is 3.34. The number of aryl methyl sites for hydroxylation is 1. The van der Waals surface area contributed by atoms with Crippen LogP contribution in [0.1, 0.15) is 36.4 Å². The number of nitrogens with one attached hydrogen (secondary N) is 1. The van der Waals surface area contributed by atoms with Crippen LogP contribution in [0, 0.1) is 12.3 Å². The zero-order valence-corrected chi connectivity index (χ0v) is 9.91. The summed E-state index contributed by atoms with van der Waals surface area (Å²) in [7, 11) is 0. The first kappa shape index (κ1) is 12.7. The topological polar surface area (TPSA) is 75.4 Å². The molecule has 0 aromatic carbocycles. The first-order chi connectivity index (χ1) is 7.46. The van der Waals surface area contributed by atoms with Crippen molar-refractivity contribution in [3.05, 3.63) is 17.5 Å². The molecule has 90 valence electrons. The van der Waals surface area contributed by atoms with E-state index in [0.717, 1.165) is 5.56 Å². The molecule has 0 aliphatic rings. The van der Waals surface area contributed by atoms with Gasteiger partial charge in [0.05, 0.1) is 6.20 Å². The van der Waals surface area contributed by atoms with Gasteiger partial charge in [-0.15, -0.1) is 0 Å². The molecule has 0 saturated carbocycles. The fraction of sp³-hybridized carbons (Fsp3) is 0.636. The number of carbonyl (C=O) groups is 1. The quantitative estimate of drug-likeness (QED) is 0.789. The van der Waals surface area contributed by atoms with Crippen LogP contribution in [0.4, 0.5) is 0 Å². The van der Waals surface area contributed by atoms with Gasteiger partial charge in [-0.05, 0) is 18.8 Å². The summed E-state index contributed by atoms with van der Waals surface area (Å²) in [6.07, 6.45) is 2.15. The Kier molecular flexibility index (Phi) is 4.06. The minimum Gasteiger partial charge on any atom is -0.396 e. The number of aliphatic hydroxyl groups is 1. The Labute approximate surface area is 94.8 Å². The third-order valence-corrected chi connectivity index (χ3v) is 2.47. The molecule has 5 heteroatoms. The second kappa shape index (κ2) is 5.12. The molecule has 0 bridgehead atoms. The van der Waals surface area contributed by atoms with Crippen LogP contribution in [-0.4, -0.2) is 29.3 Å². The van der Waals surface area contributed by atoms with E-state index < -0.39 is 0 Å². The summed E-state index contributed by atoms with van der Waals surface area (Å²) in [5.74, 6) is -0.0131. The van der Waals surface area contributed by atoms with Crippen molar-refractivity contribution >= 4 is 5.91 Å². The van der Waals surface area contributed by atoms with E-state index in [1.165, 1.54) is 6.20 Å². The SMILES string of the molecule is Cc1cnoc1C(=O)NCC(C)(C)CCO. The van der Waals surface area contributed by atoms with Gasteiger partial charge in [0.2, 0.25) is 5.76 Å². The lowest BCUT2D eigenvalue weighted by Gasteiger charge is -2.23. The van der Waals surface area contributed by atoms with Crippen LogP contribution in [0.5, 0.6) is 0 Å². The lowest BCUT2D eigenvalue weighted by Crippen LogP contribution is -2.34. The highest BCUT2D eigenvalue weighted by molar-refractivity contribution is 5.92. The van der Waals surface area contributed by atoms with E-state index in [1.807, 2.05) is 13.8 Å². The zero-order valence-electron chi connectivity index (χ0n) is 9.91. The van der Waals surface area contributed by atoms with Crippen LogP contribution < -0.4 is 5.32 Å². The van der Waals surface area contributed by atoms with Gasteiger partial charge in [0.1, 0.15) is 0 Å². The van der Waals surface area contributed by atoms with Crippen molar-refractivity contribution in [1.82, 2.24) is 10.5 Å². The highest BCUT2D eigenvalue weighted by atomic mass is 16.5. The number of amides is 1. The van der Waals surface area contributed by atoms with E-state index in [4.69, 9.17) is 9.63 Å². The number of carbonyl (C=O) groups excluding carboxylic acids is 1. The normalized spacial score (nSPS) is 11.5. The van der Waals surface area contributed by atoms with E-state index in [-0.39, 0.29) is 23.7 Å². The van der Waals surface area contributed by atoms with E-state index in [2.05, 4.69) is 10.5 Å². The molecule has 0 radical (unpaired) electrons. The summed E-state index contributed by atoms with van der Waals surface area (Å²) in [6, 6.07) is 0. The molecule has 0 aliphatic carbocycles. The van der Waals surface area contributed by atoms with Crippen molar-refractivity contribution in [3.8, 4) is 0 Å². The van der Waals surface area contributed by atoms with Crippen LogP contribution in [0.2, 0.25) is 0 Å². The molecule has 1 heterocycles. The number of hydrogen-bond acceptors (Lipinski definition) is 4. The van der Waals surface area contributed by atoms with Gasteiger partial charge in [-0.25, -0.2) is 0 Å². The van der Waals surface area contributed by atoms with Crippen molar-refractivity contribution < 1.29 is 14.4 Å². The van der Waals surface area contributed by atoms with E-state index in [0.29, 0.717) is 13.0 Å². The van der Waals surface area contributed by atoms with Crippen molar-refractivity contribution in [2.75, 3.05) is 13.2 Å². The average Bonchev–Trinajstić information content (AvgIpc) is 2.61. The fourth-order valence-electron chi connectivity index (χ4n) is 1.30. The maximum atomic E-state index is 11.7. The van der Waals surface area contributed by atoms with Crippen LogP contribution in [0.25, 0.3) is 0 Å². The van der Waals surface area contributed by atoms with Crippen molar-refractivity contribution in [3.63, 3.8) is 0 Å². The number of rotatable bonds is 5. The standard InChI is InChI=1S/C11H18N2O3/c1-8-6-13-16-9(8)10(15)12-7-11(2,3)4-5-14/h6,14H,4-5,7H2,1-3H3,(H,12,15). The Balaban J connectivity index is 2.51. The average molecular weight is 226 g/mol. The van der Waals surface area contributed by atoms with Gasteiger partial charge in [-0.1, -0.05) is 19.0 Å². The molecule has 0 spiro atoms. The van der Waals surface area contributed by atoms with Crippen LogP contribution in [0.3, 0.4) is 0 Å². The predicted octanol–water partition coefficient (Wildman–Crippen LogP) is 1.12. The molecule has 2 N–H and O–H groups in total. The van der Waals surface area contributed by atoms with Crippen LogP contribution in [0.15, 0.2) is 10.7 Å². The van der Waals surface area contributed by atoms with Gasteiger partial charge < -0.3 is 14.9 Å². The molecule has 1 aromatic heterocycles. The minimum absolute atomic E-state index is 0.115. The molecule has 1 rings (SSSR count). The Morgan fingerprint density at radius 2 is 2.31 bits per heavy atom. The first-order valence-corrected chi connectivity index (χ1v) is 5.26. The van der Waals surface area contributed by atoms with E-state index in [9.17, 15) is 4.79 Å². The number of hydrogen-bond donors (Lipinski definition) is 2. The molecular formula is C11H18N2O3. The van der Waals surface area contributed by atoms with Crippen molar-refractivity contribution in [1.29, 1.82) is 0 Å². The van der Waals surface area contributed by atoms with Crippen molar-refractivity contribution in [2.24, 2.45) is 5.41 Å². The Morgan fingerprint density at radius 1 is 1.62 bits per heavy atom. The molecule has 0 aliphatic heterocycles. The Morgan fingerprint density at radius 3 is 2.81 bits per heavy atom. The smallest absolute Gasteiger partial charge is 0.290 e. The molecule has 0 saturated heterocycles. The summed E-state index contributed by atoms with van der Waals surface area (Å²) in [5.41, 5.74) is 0.593. The predicted molar refractivity (Wildman–Crippen MR) is 59.1 cm³/mol. The van der Waals surface area contributed by atoms with Crippen molar-refractivity contribution in [2.45, 2.75) is 27.2 Å². The molecule has 1 amide bonds. The van der Waals surface area contributed by atoms with Gasteiger partial charge in [0.15, 0.2) is 0 Å². The van der Waals surface area contributed by atoms with Gasteiger partial charge in [-0.2, -0.15) is 0 Å². The van der Waals surface area contributed by atoms with E-state index in [1.54, 1.807) is 6.92 Å². The molecule has 0 atom stereocenters. The fourth-order valence-corrected chi connectivity index (χ4v) is 1.30. The lowest BCUT2D eigenvalue weighted by molar-refractivity contribution is 0.0890. The Hall–Kier alpha value is -1.36. The molecular weight excluding hydrogens is 208 g/mol. The molecule has 0 unspecified atom stereocenters. The van der Waals surface area contributed by atoms with Gasteiger partial charge >= 0.3 is 0 Å². The van der Waals surface area contributed by atoms with Crippen LogP contribution >= 0.6 is 0 Å². The molecule has 0 fully saturated rings. The number of aliphatic hydroxyl groups excluding tert-OH is 1. The summed E-state index contributed by atoms with van der Waals surface area (Å²) in [6.45, 7) is 6.34. The van der Waals surface area contributed by atoms with Crippen LogP contribution in [-0.2, 0) is 0 Å². The molecule has 1 aromatic rings. The lowest BCUT2D eigenvalue weighted by atomic mass is 9.90. The van der Waals surface area contributed by atoms with E-state index >= 15 is 0 Å². The van der Waals surface area contributed by atoms with Gasteiger partial charge in [0, 0.05) is 18.7 Å². The monoisotopic (exact) mass is 226 g/mol. The molecule has 5 nitrogen and oxygen atoms in total. The summed E-state index contributed by atoms with van der Waals surface area (Å²) >= 11 is 0. The van der Waals surface area contributed by atoms with Gasteiger partial charge in [0.25, 0.3) is 5.91 Å². The first-order valence-electron chi connectivity index (χ1n) is 5.26. The third-order valence-electron chi connectivity index (χ3n) is 2.47. The summed E-state index contributed by atoms with van der Waals surface area (Å²) < 4.78 is 4.84. The second-order valence-corrected chi connectivity index (χ2v) is 4.66. The maximum Gasteiger partial charge on any atom is 0.290 e. The second-order valence-electron chi connectivity index (χ2n) is 4.66. The highest BCUT2D eigenvalue weighted by Crippen LogP contribution is 2.18. The minimum atomic E-state index is -0.263. The van der Waals surface area contributed by atoms with Gasteiger partial charge in [-0.3, -0.25) is 4.79 Å². The summed E-state index contributed by atoms with van der Waals surface area (Å²) in [4.78, 5) is 11.7. The summed E-state index contributed by atoms with van der Waals surface area (Å²) in [5, 5.41) is 15.2. The Bertz CT molecular complexity index is 358. The largest absolute Gasteiger partial charge is 0.396 e.